The van der Waals surface area contributed by atoms with Crippen LogP contribution in [0.1, 0.15) is 15.9 Å². The van der Waals surface area contributed by atoms with Crippen LogP contribution < -0.4 is 11.1 Å². The van der Waals surface area contributed by atoms with Gasteiger partial charge in [-0.3, -0.25) is 9.78 Å². The Hall–Kier alpha value is -3.33. The quantitative estimate of drug-likeness (QED) is 0.751. The van der Waals surface area contributed by atoms with E-state index in [1.807, 2.05) is 6.07 Å². The molecule has 1 heterocycles. The van der Waals surface area contributed by atoms with Crippen molar-refractivity contribution >= 4 is 22.7 Å². The van der Waals surface area contributed by atoms with Gasteiger partial charge in [0.1, 0.15) is 0 Å². The first-order chi connectivity index (χ1) is 10.2. The minimum Gasteiger partial charge on any atom is -0.408 e. The summed E-state index contributed by atoms with van der Waals surface area (Å²) in [6.45, 7) is 0. The number of fused-ring (bicyclic) bond motifs is 1. The number of anilines is 1. The Balaban J connectivity index is 1.89. The van der Waals surface area contributed by atoms with Gasteiger partial charge in [-0.2, -0.15) is 5.26 Å². The van der Waals surface area contributed by atoms with E-state index in [1.165, 1.54) is 6.07 Å². The molecule has 3 aromatic rings. The van der Waals surface area contributed by atoms with Crippen molar-refractivity contribution in [1.82, 2.24) is 4.98 Å². The van der Waals surface area contributed by atoms with Crippen molar-refractivity contribution in [3.05, 3.63) is 64.1 Å². The molecule has 0 unspecified atom stereocenters. The number of amides is 1. The minimum absolute atomic E-state index is 0.318. The van der Waals surface area contributed by atoms with Crippen LogP contribution in [-0.4, -0.2) is 10.9 Å². The van der Waals surface area contributed by atoms with Gasteiger partial charge in [-0.05, 0) is 36.4 Å². The number of rotatable bonds is 2. The van der Waals surface area contributed by atoms with E-state index in [1.54, 1.807) is 36.4 Å². The van der Waals surface area contributed by atoms with Crippen molar-refractivity contribution < 1.29 is 9.21 Å². The number of H-pyrrole nitrogens is 1. The number of hydrogen-bond acceptors (Lipinski definition) is 4. The molecule has 6 heteroatoms. The average Bonchev–Trinajstić information content (AvgIpc) is 2.86. The van der Waals surface area contributed by atoms with Gasteiger partial charge >= 0.3 is 5.76 Å². The van der Waals surface area contributed by atoms with Gasteiger partial charge in [-0.25, -0.2) is 4.79 Å². The van der Waals surface area contributed by atoms with Crippen LogP contribution in [0.5, 0.6) is 0 Å². The number of nitrogens with one attached hydrogen (secondary N) is 2. The predicted molar refractivity (Wildman–Crippen MR) is 75.9 cm³/mol. The molecule has 0 atom stereocenters. The highest BCUT2D eigenvalue weighted by Gasteiger charge is 2.09. The minimum atomic E-state index is -0.565. The van der Waals surface area contributed by atoms with Crippen LogP contribution in [-0.2, 0) is 0 Å². The van der Waals surface area contributed by atoms with E-state index in [-0.39, 0.29) is 5.91 Å². The maximum atomic E-state index is 12.1. The summed E-state index contributed by atoms with van der Waals surface area (Å²) in [7, 11) is 0. The lowest BCUT2D eigenvalue weighted by atomic mass is 10.1. The zero-order valence-electron chi connectivity index (χ0n) is 10.7. The molecule has 102 valence electrons. The van der Waals surface area contributed by atoms with E-state index in [2.05, 4.69) is 10.3 Å². The van der Waals surface area contributed by atoms with Crippen molar-refractivity contribution in [1.29, 1.82) is 5.26 Å². The maximum Gasteiger partial charge on any atom is 0.417 e. The molecule has 2 N–H and O–H groups in total. The Labute approximate surface area is 118 Å². The summed E-state index contributed by atoms with van der Waals surface area (Å²) in [5, 5.41) is 11.5. The smallest absolute Gasteiger partial charge is 0.408 e. The fourth-order valence-corrected chi connectivity index (χ4v) is 1.96. The molecule has 0 aliphatic heterocycles. The summed E-state index contributed by atoms with van der Waals surface area (Å²) < 4.78 is 4.91. The first-order valence-electron chi connectivity index (χ1n) is 6.10. The first-order valence-corrected chi connectivity index (χ1v) is 6.10. The molecule has 0 spiro atoms. The third-order valence-electron chi connectivity index (χ3n) is 2.93. The lowest BCUT2D eigenvalue weighted by Crippen LogP contribution is -2.11. The third kappa shape index (κ3) is 2.53. The van der Waals surface area contributed by atoms with Crippen molar-refractivity contribution in [2.45, 2.75) is 0 Å². The number of benzene rings is 2. The van der Waals surface area contributed by atoms with Crippen molar-refractivity contribution in [2.24, 2.45) is 0 Å². The van der Waals surface area contributed by atoms with Gasteiger partial charge in [-0.15, -0.1) is 0 Å². The molecule has 0 saturated heterocycles. The van der Waals surface area contributed by atoms with Crippen LogP contribution in [0, 0.1) is 11.3 Å². The zero-order valence-corrected chi connectivity index (χ0v) is 10.7. The van der Waals surface area contributed by atoms with E-state index in [4.69, 9.17) is 9.68 Å². The Morgan fingerprint density at radius 3 is 2.90 bits per heavy atom. The highest BCUT2D eigenvalue weighted by atomic mass is 16.4. The number of carbonyl (C=O) groups is 1. The molecule has 0 radical (unpaired) electrons. The number of nitriles is 1. The molecule has 21 heavy (non-hydrogen) atoms. The fourth-order valence-electron chi connectivity index (χ4n) is 1.96. The molecule has 2 aromatic carbocycles. The van der Waals surface area contributed by atoms with Crippen LogP contribution in [0.15, 0.2) is 51.7 Å². The summed E-state index contributed by atoms with van der Waals surface area (Å²) in [5.74, 6) is -0.917. The highest BCUT2D eigenvalue weighted by molar-refractivity contribution is 6.05. The molecule has 0 aliphatic rings. The summed E-state index contributed by atoms with van der Waals surface area (Å²) >= 11 is 0. The Morgan fingerprint density at radius 1 is 1.24 bits per heavy atom. The standard InChI is InChI=1S/C15H9N3O3/c16-8-9-2-1-3-11(6-9)17-14(19)10-4-5-12-13(7-10)21-15(20)18-12/h1-7H,(H,17,19)(H,18,20). The molecular formula is C15H9N3O3. The number of aromatic nitrogens is 1. The van der Waals surface area contributed by atoms with Gasteiger partial charge in [0.05, 0.1) is 17.1 Å². The van der Waals surface area contributed by atoms with Crippen LogP contribution >= 0.6 is 0 Å². The van der Waals surface area contributed by atoms with Gasteiger partial charge in [0, 0.05) is 11.3 Å². The SMILES string of the molecule is N#Cc1cccc(NC(=O)c2ccc3[nH]c(=O)oc3c2)c1. The van der Waals surface area contributed by atoms with Crippen LogP contribution in [0.4, 0.5) is 5.69 Å². The molecule has 0 aliphatic carbocycles. The number of aromatic amines is 1. The second kappa shape index (κ2) is 4.98. The van der Waals surface area contributed by atoms with E-state index >= 15 is 0 Å². The van der Waals surface area contributed by atoms with Crippen molar-refractivity contribution in [2.75, 3.05) is 5.32 Å². The summed E-state index contributed by atoms with van der Waals surface area (Å²) in [5.41, 5.74) is 2.18. The average molecular weight is 279 g/mol. The summed E-state index contributed by atoms with van der Waals surface area (Å²) in [6, 6.07) is 13.3. The van der Waals surface area contributed by atoms with Gasteiger partial charge < -0.3 is 9.73 Å². The largest absolute Gasteiger partial charge is 0.417 e. The maximum absolute atomic E-state index is 12.1. The first kappa shape index (κ1) is 12.7. The van der Waals surface area contributed by atoms with Gasteiger partial charge in [0.25, 0.3) is 5.91 Å². The summed E-state index contributed by atoms with van der Waals surface area (Å²) in [6.07, 6.45) is 0. The lowest BCUT2D eigenvalue weighted by Gasteiger charge is -2.05. The van der Waals surface area contributed by atoms with Crippen LogP contribution in [0.25, 0.3) is 11.1 Å². The van der Waals surface area contributed by atoms with Crippen molar-refractivity contribution in [3.8, 4) is 6.07 Å². The van der Waals surface area contributed by atoms with Crippen molar-refractivity contribution in [3.63, 3.8) is 0 Å². The zero-order chi connectivity index (χ0) is 14.8. The molecule has 6 nitrogen and oxygen atoms in total. The molecule has 0 fully saturated rings. The Bertz CT molecular complexity index is 931. The molecule has 1 aromatic heterocycles. The number of hydrogen-bond donors (Lipinski definition) is 2. The molecule has 3 rings (SSSR count). The van der Waals surface area contributed by atoms with E-state index in [9.17, 15) is 9.59 Å². The molecular weight excluding hydrogens is 270 g/mol. The van der Waals surface area contributed by atoms with Crippen LogP contribution in [0.3, 0.4) is 0 Å². The Kier molecular flexibility index (Phi) is 3.01. The topological polar surface area (TPSA) is 98.9 Å². The molecule has 0 saturated carbocycles. The highest BCUT2D eigenvalue weighted by Crippen LogP contribution is 2.15. The van der Waals surface area contributed by atoms with Gasteiger partial charge in [0.2, 0.25) is 0 Å². The second-order valence-corrected chi connectivity index (χ2v) is 4.37. The van der Waals surface area contributed by atoms with Crippen LogP contribution in [0.2, 0.25) is 0 Å². The molecule has 0 bridgehead atoms. The number of nitrogens with zero attached hydrogens (tertiary/aromatic N) is 1. The fraction of sp³-hybridized carbons (Fsp3) is 0. The second-order valence-electron chi connectivity index (χ2n) is 4.37. The van der Waals surface area contributed by atoms with E-state index in [0.29, 0.717) is 27.9 Å². The number of oxazole rings is 1. The lowest BCUT2D eigenvalue weighted by molar-refractivity contribution is 0.102. The van der Waals surface area contributed by atoms with E-state index in [0.717, 1.165) is 0 Å². The third-order valence-corrected chi connectivity index (χ3v) is 2.93. The number of carbonyl (C=O) groups excluding carboxylic acids is 1. The molecule has 1 amide bonds. The normalized spacial score (nSPS) is 10.2. The van der Waals surface area contributed by atoms with E-state index < -0.39 is 5.76 Å². The van der Waals surface area contributed by atoms with Gasteiger partial charge in [0.15, 0.2) is 5.58 Å². The Morgan fingerprint density at radius 2 is 2.10 bits per heavy atom. The van der Waals surface area contributed by atoms with Gasteiger partial charge in [-0.1, -0.05) is 6.07 Å². The monoisotopic (exact) mass is 279 g/mol. The summed E-state index contributed by atoms with van der Waals surface area (Å²) in [4.78, 5) is 25.7. The predicted octanol–water partition coefficient (Wildman–Crippen LogP) is 2.25.